The molecule has 1 aromatic heterocycles. The molecule has 7 nitrogen and oxygen atoms in total. The van der Waals surface area contributed by atoms with Crippen molar-refractivity contribution in [2.45, 2.75) is 25.9 Å². The van der Waals surface area contributed by atoms with Crippen LogP contribution in [0.3, 0.4) is 0 Å². The maximum atomic E-state index is 13.1. The molecule has 0 spiro atoms. The zero-order chi connectivity index (χ0) is 17.4. The highest BCUT2D eigenvalue weighted by molar-refractivity contribution is 6.04. The summed E-state index contributed by atoms with van der Waals surface area (Å²) >= 11 is 0. The number of benzene rings is 1. The molecule has 0 N–H and O–H groups in total. The lowest BCUT2D eigenvalue weighted by atomic mass is 9.95. The zero-order valence-electron chi connectivity index (χ0n) is 13.9. The van der Waals surface area contributed by atoms with Crippen LogP contribution in [-0.2, 0) is 24.3 Å². The Bertz CT molecular complexity index is 857. The summed E-state index contributed by atoms with van der Waals surface area (Å²) in [6.07, 6.45) is 4.65. The Morgan fingerprint density at radius 1 is 1.20 bits per heavy atom. The van der Waals surface area contributed by atoms with Gasteiger partial charge in [0.05, 0.1) is 6.54 Å². The molecule has 2 amide bonds. The van der Waals surface area contributed by atoms with E-state index < -0.39 is 0 Å². The van der Waals surface area contributed by atoms with E-state index in [1.54, 1.807) is 16.1 Å². The number of rotatable bonds is 2. The van der Waals surface area contributed by atoms with Gasteiger partial charge in [-0.3, -0.25) is 9.59 Å². The van der Waals surface area contributed by atoms with Crippen LogP contribution in [0.15, 0.2) is 37.2 Å². The van der Waals surface area contributed by atoms with Crippen LogP contribution in [0.5, 0.6) is 0 Å². The molecule has 0 unspecified atom stereocenters. The van der Waals surface area contributed by atoms with Gasteiger partial charge in [-0.2, -0.15) is 0 Å². The van der Waals surface area contributed by atoms with Gasteiger partial charge in [-0.1, -0.05) is 12.6 Å². The van der Waals surface area contributed by atoms with E-state index >= 15 is 0 Å². The summed E-state index contributed by atoms with van der Waals surface area (Å²) in [4.78, 5) is 28.7. The van der Waals surface area contributed by atoms with Gasteiger partial charge in [0, 0.05) is 30.9 Å². The molecule has 0 saturated heterocycles. The first-order valence-electron chi connectivity index (χ1n) is 8.41. The van der Waals surface area contributed by atoms with Crippen molar-refractivity contribution in [3.63, 3.8) is 0 Å². The lowest BCUT2D eigenvalue weighted by Crippen LogP contribution is -2.40. The van der Waals surface area contributed by atoms with Crippen molar-refractivity contribution in [3.05, 3.63) is 54.1 Å². The van der Waals surface area contributed by atoms with Crippen LogP contribution in [0.1, 0.15) is 28.2 Å². The molecule has 2 aliphatic rings. The van der Waals surface area contributed by atoms with Gasteiger partial charge in [-0.25, -0.2) is 0 Å². The summed E-state index contributed by atoms with van der Waals surface area (Å²) in [5.41, 5.74) is 2.44. The fourth-order valence-corrected chi connectivity index (χ4v) is 3.57. The molecule has 25 heavy (non-hydrogen) atoms. The number of hydrogen-bond donors (Lipinski definition) is 0. The number of carbonyl (C=O) groups is 2. The number of hydrogen-bond acceptors (Lipinski definition) is 4. The summed E-state index contributed by atoms with van der Waals surface area (Å²) < 4.78 is 1.97. The van der Waals surface area contributed by atoms with E-state index in [4.69, 9.17) is 0 Å². The number of anilines is 1. The smallest absolute Gasteiger partial charge is 0.254 e. The molecular formula is C18H19N5O2. The molecule has 0 atom stereocenters. The quantitative estimate of drug-likeness (QED) is 0.777. The normalized spacial score (nSPS) is 16.2. The predicted octanol–water partition coefficient (Wildman–Crippen LogP) is 1.40. The average molecular weight is 337 g/mol. The Hall–Kier alpha value is -2.96. The number of amides is 2. The van der Waals surface area contributed by atoms with Gasteiger partial charge in [0.25, 0.3) is 5.91 Å². The molecule has 2 aliphatic heterocycles. The minimum absolute atomic E-state index is 0.0148. The Kier molecular flexibility index (Phi) is 3.83. The van der Waals surface area contributed by atoms with Crippen LogP contribution in [0.2, 0.25) is 0 Å². The lowest BCUT2D eigenvalue weighted by molar-refractivity contribution is -0.114. The van der Waals surface area contributed by atoms with Crippen LogP contribution >= 0.6 is 0 Å². The fourth-order valence-electron chi connectivity index (χ4n) is 3.57. The first-order chi connectivity index (χ1) is 12.2. The largest absolute Gasteiger partial charge is 0.329 e. The number of fused-ring (bicyclic) bond motifs is 2. The molecule has 2 aromatic rings. The molecule has 4 rings (SSSR count). The van der Waals surface area contributed by atoms with Crippen molar-refractivity contribution < 1.29 is 9.59 Å². The number of aromatic nitrogens is 3. The highest BCUT2D eigenvalue weighted by atomic mass is 16.2. The van der Waals surface area contributed by atoms with Crippen molar-refractivity contribution in [2.24, 2.45) is 0 Å². The summed E-state index contributed by atoms with van der Waals surface area (Å²) in [5, 5.41) is 7.97. The van der Waals surface area contributed by atoms with E-state index in [-0.39, 0.29) is 11.8 Å². The Morgan fingerprint density at radius 3 is 2.92 bits per heavy atom. The van der Waals surface area contributed by atoms with Crippen molar-refractivity contribution in [2.75, 3.05) is 18.0 Å². The monoisotopic (exact) mass is 337 g/mol. The van der Waals surface area contributed by atoms with E-state index in [2.05, 4.69) is 16.8 Å². The van der Waals surface area contributed by atoms with Gasteiger partial charge < -0.3 is 14.4 Å². The van der Waals surface area contributed by atoms with Gasteiger partial charge >= 0.3 is 0 Å². The Labute approximate surface area is 145 Å². The van der Waals surface area contributed by atoms with E-state index in [0.29, 0.717) is 31.7 Å². The average Bonchev–Trinajstić information content (AvgIpc) is 3.13. The van der Waals surface area contributed by atoms with Crippen LogP contribution in [0.4, 0.5) is 5.69 Å². The molecular weight excluding hydrogens is 318 g/mol. The van der Waals surface area contributed by atoms with Crippen LogP contribution < -0.4 is 4.90 Å². The molecule has 0 fully saturated rings. The molecule has 1 aromatic carbocycles. The van der Waals surface area contributed by atoms with Crippen LogP contribution in [0, 0.1) is 0 Å². The van der Waals surface area contributed by atoms with Crippen LogP contribution in [-0.4, -0.2) is 44.6 Å². The minimum atomic E-state index is -0.128. The molecule has 7 heteroatoms. The molecule has 0 aliphatic carbocycles. The molecule has 0 radical (unpaired) electrons. The zero-order valence-corrected chi connectivity index (χ0v) is 13.9. The second kappa shape index (κ2) is 6.16. The summed E-state index contributed by atoms with van der Waals surface area (Å²) in [5.74, 6) is 0.656. The minimum Gasteiger partial charge on any atom is -0.329 e. The topological polar surface area (TPSA) is 71.3 Å². The van der Waals surface area contributed by atoms with Gasteiger partial charge in [0.15, 0.2) is 5.82 Å². The first kappa shape index (κ1) is 15.6. The Balaban J connectivity index is 1.66. The van der Waals surface area contributed by atoms with Crippen molar-refractivity contribution in [3.8, 4) is 0 Å². The summed E-state index contributed by atoms with van der Waals surface area (Å²) in [6, 6.07) is 5.59. The van der Waals surface area contributed by atoms with E-state index in [0.717, 1.165) is 29.9 Å². The maximum absolute atomic E-state index is 13.1. The van der Waals surface area contributed by atoms with Gasteiger partial charge in [-0.15, -0.1) is 10.2 Å². The number of carbonyl (C=O) groups excluding carboxylic acids is 2. The summed E-state index contributed by atoms with van der Waals surface area (Å²) in [6.45, 7) is 6.01. The molecule has 128 valence electrons. The third kappa shape index (κ3) is 2.61. The molecule has 0 saturated carbocycles. The van der Waals surface area contributed by atoms with E-state index in [1.165, 1.54) is 6.08 Å². The SMILES string of the molecule is C=CC(=O)N1CCCc2c(C(=O)N3CCn4cnnc4C3)cccc21. The standard InChI is InChI=1S/C18H19N5O2/c1-2-17(24)23-8-4-6-13-14(5-3-7-15(13)23)18(25)21-9-10-22-12-19-20-16(22)11-21/h2-3,5,7,12H,1,4,6,8-11H2. The van der Waals surface area contributed by atoms with Gasteiger partial charge in [0.2, 0.25) is 5.91 Å². The lowest BCUT2D eigenvalue weighted by Gasteiger charge is -2.32. The fraction of sp³-hybridized carbons (Fsp3) is 0.333. The summed E-state index contributed by atoms with van der Waals surface area (Å²) in [7, 11) is 0. The van der Waals surface area contributed by atoms with E-state index in [9.17, 15) is 9.59 Å². The predicted molar refractivity (Wildman–Crippen MR) is 92.1 cm³/mol. The second-order valence-electron chi connectivity index (χ2n) is 6.27. The van der Waals surface area contributed by atoms with Crippen molar-refractivity contribution in [1.29, 1.82) is 0 Å². The first-order valence-corrected chi connectivity index (χ1v) is 8.41. The maximum Gasteiger partial charge on any atom is 0.254 e. The molecule has 3 heterocycles. The Morgan fingerprint density at radius 2 is 2.08 bits per heavy atom. The highest BCUT2D eigenvalue weighted by Gasteiger charge is 2.28. The van der Waals surface area contributed by atoms with Crippen LogP contribution in [0.25, 0.3) is 0 Å². The van der Waals surface area contributed by atoms with Crippen molar-refractivity contribution in [1.82, 2.24) is 19.7 Å². The third-order valence-corrected chi connectivity index (χ3v) is 4.85. The third-order valence-electron chi connectivity index (χ3n) is 4.85. The van der Waals surface area contributed by atoms with E-state index in [1.807, 2.05) is 22.8 Å². The number of nitrogens with zero attached hydrogens (tertiary/aromatic N) is 5. The highest BCUT2D eigenvalue weighted by Crippen LogP contribution is 2.31. The second-order valence-corrected chi connectivity index (χ2v) is 6.27. The van der Waals surface area contributed by atoms with Crippen molar-refractivity contribution >= 4 is 17.5 Å². The molecule has 0 bridgehead atoms. The van der Waals surface area contributed by atoms with Gasteiger partial charge in [0.1, 0.15) is 6.33 Å². The van der Waals surface area contributed by atoms with Gasteiger partial charge in [-0.05, 0) is 36.6 Å².